The van der Waals surface area contributed by atoms with E-state index < -0.39 is 17.6 Å². The molecule has 10 heteroatoms. The van der Waals surface area contributed by atoms with Crippen LogP contribution in [0.25, 0.3) is 0 Å². The summed E-state index contributed by atoms with van der Waals surface area (Å²) in [7, 11) is 0. The van der Waals surface area contributed by atoms with Crippen molar-refractivity contribution in [1.82, 2.24) is 20.8 Å². The molecule has 1 aromatic carbocycles. The van der Waals surface area contributed by atoms with Gasteiger partial charge in [-0.1, -0.05) is 6.07 Å². The lowest BCUT2D eigenvalue weighted by Gasteiger charge is -2.14. The molecule has 0 unspecified atom stereocenters. The van der Waals surface area contributed by atoms with Gasteiger partial charge in [-0.3, -0.25) is 5.10 Å². The van der Waals surface area contributed by atoms with Crippen LogP contribution in [-0.4, -0.2) is 29.2 Å². The summed E-state index contributed by atoms with van der Waals surface area (Å²) in [6.45, 7) is 4.78. The molecule has 0 aliphatic carbocycles. The van der Waals surface area contributed by atoms with Crippen molar-refractivity contribution in [1.29, 1.82) is 0 Å². The van der Waals surface area contributed by atoms with Crippen molar-refractivity contribution in [2.24, 2.45) is 4.99 Å². The van der Waals surface area contributed by atoms with Crippen LogP contribution in [0.15, 0.2) is 29.4 Å². The molecule has 0 aliphatic rings. The van der Waals surface area contributed by atoms with Crippen molar-refractivity contribution in [2.45, 2.75) is 39.4 Å². The molecule has 0 aliphatic heterocycles. The smallest absolute Gasteiger partial charge is 0.357 e. The van der Waals surface area contributed by atoms with Gasteiger partial charge in [0.25, 0.3) is 0 Å². The van der Waals surface area contributed by atoms with Gasteiger partial charge in [0.15, 0.2) is 5.96 Å². The van der Waals surface area contributed by atoms with E-state index >= 15 is 0 Å². The summed E-state index contributed by atoms with van der Waals surface area (Å²) in [6, 6.07) is 2.62. The third-order valence-electron chi connectivity index (χ3n) is 3.98. The van der Waals surface area contributed by atoms with Crippen LogP contribution in [0.1, 0.15) is 35.7 Å². The minimum absolute atomic E-state index is 0. The van der Waals surface area contributed by atoms with Gasteiger partial charge in [-0.05, 0) is 49.9 Å². The molecule has 1 heterocycles. The van der Waals surface area contributed by atoms with Gasteiger partial charge in [0.05, 0.1) is 18.3 Å². The summed E-state index contributed by atoms with van der Waals surface area (Å²) in [5.41, 5.74) is 1.07. The second-order valence-corrected chi connectivity index (χ2v) is 6.04. The fraction of sp³-hybridized carbons (Fsp3) is 0.444. The molecule has 0 spiro atoms. The van der Waals surface area contributed by atoms with Gasteiger partial charge in [0.2, 0.25) is 0 Å². The number of nitrogens with one attached hydrogen (secondary N) is 3. The molecule has 0 bridgehead atoms. The van der Waals surface area contributed by atoms with Gasteiger partial charge in [-0.25, -0.2) is 9.38 Å². The summed E-state index contributed by atoms with van der Waals surface area (Å²) >= 11 is 0. The van der Waals surface area contributed by atoms with E-state index in [0.29, 0.717) is 25.1 Å². The molecular formula is C18H24F4IN5. The number of nitrogens with zero attached hydrogens (tertiary/aromatic N) is 2. The topological polar surface area (TPSA) is 65.1 Å². The van der Waals surface area contributed by atoms with E-state index in [4.69, 9.17) is 0 Å². The first-order chi connectivity index (χ1) is 12.8. The van der Waals surface area contributed by atoms with Crippen molar-refractivity contribution in [2.75, 3.05) is 13.1 Å². The van der Waals surface area contributed by atoms with Gasteiger partial charge in [0.1, 0.15) is 5.82 Å². The molecule has 3 N–H and O–H groups in total. The molecule has 156 valence electrons. The summed E-state index contributed by atoms with van der Waals surface area (Å²) in [5, 5.41) is 12.9. The second-order valence-electron chi connectivity index (χ2n) is 6.04. The molecule has 0 atom stereocenters. The van der Waals surface area contributed by atoms with E-state index in [0.717, 1.165) is 36.2 Å². The highest BCUT2D eigenvalue weighted by atomic mass is 127. The molecule has 0 saturated carbocycles. The summed E-state index contributed by atoms with van der Waals surface area (Å²) in [6.07, 6.45) is -1.21. The SMILES string of the molecule is CCNC(=NCc1ccc(F)cc1C(F)(F)F)NCCCc1cn[nH]c1C.I. The fourth-order valence-corrected chi connectivity index (χ4v) is 2.57. The summed E-state index contributed by atoms with van der Waals surface area (Å²) in [4.78, 5) is 4.19. The Balaban J connectivity index is 0.00000392. The van der Waals surface area contributed by atoms with Crippen molar-refractivity contribution >= 4 is 29.9 Å². The van der Waals surface area contributed by atoms with Crippen LogP contribution in [0.4, 0.5) is 17.6 Å². The van der Waals surface area contributed by atoms with E-state index in [-0.39, 0.29) is 36.1 Å². The lowest BCUT2D eigenvalue weighted by atomic mass is 10.1. The third kappa shape index (κ3) is 7.28. The largest absolute Gasteiger partial charge is 0.416 e. The van der Waals surface area contributed by atoms with Gasteiger partial charge in [-0.15, -0.1) is 24.0 Å². The average molecular weight is 513 g/mol. The van der Waals surface area contributed by atoms with Crippen LogP contribution in [0.2, 0.25) is 0 Å². The zero-order valence-electron chi connectivity index (χ0n) is 15.7. The number of halogens is 5. The molecule has 0 fully saturated rings. The number of benzene rings is 1. The van der Waals surface area contributed by atoms with Gasteiger partial charge in [-0.2, -0.15) is 18.3 Å². The number of rotatable bonds is 7. The minimum Gasteiger partial charge on any atom is -0.357 e. The van der Waals surface area contributed by atoms with E-state index in [9.17, 15) is 17.6 Å². The average Bonchev–Trinajstić information content (AvgIpc) is 3.01. The maximum Gasteiger partial charge on any atom is 0.416 e. The highest BCUT2D eigenvalue weighted by Gasteiger charge is 2.33. The third-order valence-corrected chi connectivity index (χ3v) is 3.98. The monoisotopic (exact) mass is 513 g/mol. The molecule has 2 rings (SSSR count). The normalized spacial score (nSPS) is 11.9. The van der Waals surface area contributed by atoms with Crippen molar-refractivity contribution in [3.8, 4) is 0 Å². The number of aliphatic imine (C=N–C) groups is 1. The Hall–Kier alpha value is -1.85. The lowest BCUT2D eigenvalue weighted by Crippen LogP contribution is -2.37. The number of guanidine groups is 1. The Morgan fingerprint density at radius 3 is 2.57 bits per heavy atom. The second kappa shape index (κ2) is 11.2. The number of hydrogen-bond donors (Lipinski definition) is 3. The molecular weight excluding hydrogens is 489 g/mol. The molecule has 0 radical (unpaired) electrons. The number of aryl methyl sites for hydroxylation is 2. The molecule has 0 amide bonds. The van der Waals surface area contributed by atoms with E-state index in [2.05, 4.69) is 25.8 Å². The Morgan fingerprint density at radius 2 is 1.96 bits per heavy atom. The van der Waals surface area contributed by atoms with Crippen molar-refractivity contribution < 1.29 is 17.6 Å². The molecule has 28 heavy (non-hydrogen) atoms. The predicted octanol–water partition coefficient (Wildman–Crippen LogP) is 4.18. The maximum atomic E-state index is 13.2. The van der Waals surface area contributed by atoms with Crippen LogP contribution in [0.3, 0.4) is 0 Å². The Morgan fingerprint density at radius 1 is 1.21 bits per heavy atom. The highest BCUT2D eigenvalue weighted by Crippen LogP contribution is 2.32. The highest BCUT2D eigenvalue weighted by molar-refractivity contribution is 14.0. The number of H-pyrrole nitrogens is 1. The first-order valence-electron chi connectivity index (χ1n) is 8.68. The number of hydrogen-bond acceptors (Lipinski definition) is 2. The van der Waals surface area contributed by atoms with Crippen LogP contribution < -0.4 is 10.6 Å². The number of aromatic amines is 1. The minimum atomic E-state index is -4.62. The fourth-order valence-electron chi connectivity index (χ4n) is 2.57. The molecule has 2 aromatic rings. The first-order valence-corrected chi connectivity index (χ1v) is 8.68. The predicted molar refractivity (Wildman–Crippen MR) is 111 cm³/mol. The van der Waals surface area contributed by atoms with Crippen LogP contribution in [-0.2, 0) is 19.1 Å². The lowest BCUT2D eigenvalue weighted by molar-refractivity contribution is -0.138. The zero-order chi connectivity index (χ0) is 19.9. The first kappa shape index (κ1) is 24.2. The molecule has 5 nitrogen and oxygen atoms in total. The maximum absolute atomic E-state index is 13.2. The molecule has 1 aromatic heterocycles. The van der Waals surface area contributed by atoms with Crippen molar-refractivity contribution in [3.63, 3.8) is 0 Å². The summed E-state index contributed by atoms with van der Waals surface area (Å²) < 4.78 is 52.4. The van der Waals surface area contributed by atoms with Crippen LogP contribution in [0.5, 0.6) is 0 Å². The summed E-state index contributed by atoms with van der Waals surface area (Å²) in [5.74, 6) is -0.506. The van der Waals surface area contributed by atoms with Crippen LogP contribution in [0, 0.1) is 12.7 Å². The number of alkyl halides is 3. The van der Waals surface area contributed by atoms with Crippen LogP contribution >= 0.6 is 24.0 Å². The Labute approximate surface area is 178 Å². The van der Waals surface area contributed by atoms with E-state index in [1.807, 2.05) is 13.8 Å². The quantitative estimate of drug-likeness (QED) is 0.171. The zero-order valence-corrected chi connectivity index (χ0v) is 18.0. The Kier molecular flexibility index (Phi) is 9.70. The van der Waals surface area contributed by atoms with E-state index in [1.54, 1.807) is 6.20 Å². The standard InChI is InChI=1S/C18H23F4N5.HI/c1-3-23-17(24-8-4-5-13-11-26-27-12(13)2)25-10-14-6-7-15(19)9-16(14)18(20,21)22;/h6-7,9,11H,3-5,8,10H2,1-2H3,(H,26,27)(H2,23,24,25);1H. The van der Waals surface area contributed by atoms with Gasteiger partial charge >= 0.3 is 6.18 Å². The van der Waals surface area contributed by atoms with Crippen molar-refractivity contribution in [3.05, 3.63) is 52.6 Å². The van der Waals surface area contributed by atoms with E-state index in [1.165, 1.54) is 0 Å². The Bertz CT molecular complexity index is 774. The molecule has 0 saturated heterocycles. The number of aromatic nitrogens is 2. The van der Waals surface area contributed by atoms with Gasteiger partial charge in [0, 0.05) is 18.8 Å². The van der Waals surface area contributed by atoms with Gasteiger partial charge < -0.3 is 10.6 Å².